The SMILES string of the molecule is CCNC(=O)CNCc1cccc(F)c1Br. The highest BCUT2D eigenvalue weighted by Crippen LogP contribution is 2.19. The summed E-state index contributed by atoms with van der Waals surface area (Å²) in [5, 5.41) is 5.62. The van der Waals surface area contributed by atoms with Crippen molar-refractivity contribution in [1.29, 1.82) is 0 Å². The summed E-state index contributed by atoms with van der Waals surface area (Å²) < 4.78 is 13.6. The Hall–Kier alpha value is -0.940. The van der Waals surface area contributed by atoms with E-state index in [0.717, 1.165) is 5.56 Å². The Morgan fingerprint density at radius 2 is 2.25 bits per heavy atom. The van der Waals surface area contributed by atoms with E-state index in [-0.39, 0.29) is 18.3 Å². The van der Waals surface area contributed by atoms with Crippen LogP contribution in [0.2, 0.25) is 0 Å². The van der Waals surface area contributed by atoms with E-state index in [1.165, 1.54) is 6.07 Å². The van der Waals surface area contributed by atoms with E-state index in [0.29, 0.717) is 17.6 Å². The first-order valence-electron chi connectivity index (χ1n) is 5.05. The van der Waals surface area contributed by atoms with Crippen LogP contribution in [0.3, 0.4) is 0 Å². The highest BCUT2D eigenvalue weighted by molar-refractivity contribution is 9.10. The molecule has 0 aliphatic rings. The molecule has 0 aromatic heterocycles. The van der Waals surface area contributed by atoms with E-state index in [2.05, 4.69) is 26.6 Å². The lowest BCUT2D eigenvalue weighted by Crippen LogP contribution is -2.33. The molecule has 0 heterocycles. The summed E-state index contributed by atoms with van der Waals surface area (Å²) in [4.78, 5) is 11.1. The molecule has 16 heavy (non-hydrogen) atoms. The largest absolute Gasteiger partial charge is 0.355 e. The van der Waals surface area contributed by atoms with E-state index in [1.54, 1.807) is 12.1 Å². The van der Waals surface area contributed by atoms with Crippen LogP contribution in [0.5, 0.6) is 0 Å². The van der Waals surface area contributed by atoms with Crippen molar-refractivity contribution in [2.75, 3.05) is 13.1 Å². The van der Waals surface area contributed by atoms with Crippen LogP contribution in [-0.4, -0.2) is 19.0 Å². The molecule has 0 fully saturated rings. The van der Waals surface area contributed by atoms with Crippen molar-refractivity contribution >= 4 is 21.8 Å². The van der Waals surface area contributed by atoms with Crippen LogP contribution in [0.4, 0.5) is 4.39 Å². The normalized spacial score (nSPS) is 10.2. The predicted molar refractivity (Wildman–Crippen MR) is 64.5 cm³/mol. The predicted octanol–water partition coefficient (Wildman–Crippen LogP) is 1.81. The zero-order valence-electron chi connectivity index (χ0n) is 9.02. The molecule has 88 valence electrons. The first-order chi connectivity index (χ1) is 7.65. The topological polar surface area (TPSA) is 41.1 Å². The van der Waals surface area contributed by atoms with E-state index in [9.17, 15) is 9.18 Å². The Balaban J connectivity index is 2.43. The maximum atomic E-state index is 13.1. The summed E-state index contributed by atoms with van der Waals surface area (Å²) in [5.41, 5.74) is 0.796. The minimum Gasteiger partial charge on any atom is -0.355 e. The molecule has 5 heteroatoms. The first-order valence-corrected chi connectivity index (χ1v) is 5.84. The van der Waals surface area contributed by atoms with Crippen molar-refractivity contribution in [2.24, 2.45) is 0 Å². The number of benzene rings is 1. The number of amides is 1. The molecule has 0 bridgehead atoms. The second kappa shape index (κ2) is 6.60. The second-order valence-corrected chi connectivity index (χ2v) is 4.06. The van der Waals surface area contributed by atoms with Crippen LogP contribution in [0, 0.1) is 5.82 Å². The molecule has 0 aliphatic carbocycles. The third-order valence-electron chi connectivity index (χ3n) is 2.01. The minimum atomic E-state index is -0.294. The van der Waals surface area contributed by atoms with Crippen LogP contribution < -0.4 is 10.6 Å². The van der Waals surface area contributed by atoms with Gasteiger partial charge in [0, 0.05) is 13.1 Å². The molecular weight excluding hydrogens is 275 g/mol. The van der Waals surface area contributed by atoms with Crippen molar-refractivity contribution in [3.8, 4) is 0 Å². The number of carbonyl (C=O) groups excluding carboxylic acids is 1. The molecule has 3 nitrogen and oxygen atoms in total. The zero-order chi connectivity index (χ0) is 12.0. The van der Waals surface area contributed by atoms with Gasteiger partial charge in [0.1, 0.15) is 5.82 Å². The summed E-state index contributed by atoms with van der Waals surface area (Å²) in [6.45, 7) is 3.16. The Morgan fingerprint density at radius 3 is 2.94 bits per heavy atom. The highest BCUT2D eigenvalue weighted by atomic mass is 79.9. The second-order valence-electron chi connectivity index (χ2n) is 3.27. The maximum absolute atomic E-state index is 13.1. The molecule has 0 saturated heterocycles. The van der Waals surface area contributed by atoms with Crippen molar-refractivity contribution in [3.63, 3.8) is 0 Å². The monoisotopic (exact) mass is 288 g/mol. The number of carbonyl (C=O) groups is 1. The maximum Gasteiger partial charge on any atom is 0.233 e. The molecule has 0 saturated carbocycles. The molecule has 1 aromatic carbocycles. The van der Waals surface area contributed by atoms with Crippen LogP contribution >= 0.6 is 15.9 Å². The van der Waals surface area contributed by atoms with Crippen molar-refractivity contribution in [1.82, 2.24) is 10.6 Å². The highest BCUT2D eigenvalue weighted by Gasteiger charge is 2.05. The van der Waals surface area contributed by atoms with Gasteiger partial charge in [0.05, 0.1) is 11.0 Å². The van der Waals surface area contributed by atoms with E-state index in [4.69, 9.17) is 0 Å². The van der Waals surface area contributed by atoms with Crippen LogP contribution in [0.1, 0.15) is 12.5 Å². The number of hydrogen-bond acceptors (Lipinski definition) is 2. The van der Waals surface area contributed by atoms with Gasteiger partial charge < -0.3 is 10.6 Å². The molecule has 1 amide bonds. The fraction of sp³-hybridized carbons (Fsp3) is 0.364. The molecule has 0 unspecified atom stereocenters. The number of rotatable bonds is 5. The van der Waals surface area contributed by atoms with Gasteiger partial charge in [-0.3, -0.25) is 4.79 Å². The van der Waals surface area contributed by atoms with Gasteiger partial charge in [-0.05, 0) is 34.5 Å². The lowest BCUT2D eigenvalue weighted by molar-refractivity contribution is -0.120. The molecule has 1 rings (SSSR count). The first kappa shape index (κ1) is 13.1. The molecule has 0 spiro atoms. The molecule has 0 atom stereocenters. The van der Waals surface area contributed by atoms with E-state index >= 15 is 0 Å². The summed E-state index contributed by atoms with van der Waals surface area (Å²) in [5.74, 6) is -0.354. The van der Waals surface area contributed by atoms with Crippen LogP contribution in [0.25, 0.3) is 0 Å². The van der Waals surface area contributed by atoms with Gasteiger partial charge >= 0.3 is 0 Å². The summed E-state index contributed by atoms with van der Waals surface area (Å²) >= 11 is 3.16. The molecule has 1 aromatic rings. The molecule has 0 radical (unpaired) electrons. The van der Waals surface area contributed by atoms with Crippen LogP contribution in [-0.2, 0) is 11.3 Å². The summed E-state index contributed by atoms with van der Waals surface area (Å²) in [6.07, 6.45) is 0. The van der Waals surface area contributed by atoms with Gasteiger partial charge in [0.2, 0.25) is 5.91 Å². The molecule has 2 N–H and O–H groups in total. The van der Waals surface area contributed by atoms with Crippen molar-refractivity contribution in [3.05, 3.63) is 34.1 Å². The Kier molecular flexibility index (Phi) is 5.42. The van der Waals surface area contributed by atoms with Crippen LogP contribution in [0.15, 0.2) is 22.7 Å². The van der Waals surface area contributed by atoms with Gasteiger partial charge in [0.15, 0.2) is 0 Å². The third-order valence-corrected chi connectivity index (χ3v) is 2.89. The van der Waals surface area contributed by atoms with Crippen molar-refractivity contribution in [2.45, 2.75) is 13.5 Å². The quantitative estimate of drug-likeness (QED) is 0.868. The van der Waals surface area contributed by atoms with Crippen molar-refractivity contribution < 1.29 is 9.18 Å². The fourth-order valence-electron chi connectivity index (χ4n) is 1.26. The zero-order valence-corrected chi connectivity index (χ0v) is 10.6. The van der Waals surface area contributed by atoms with Gasteiger partial charge in [-0.15, -0.1) is 0 Å². The number of likely N-dealkylation sites (N-methyl/N-ethyl adjacent to an activating group) is 1. The standard InChI is InChI=1S/C11H14BrFN2O/c1-2-15-10(16)7-14-6-8-4-3-5-9(13)11(8)12/h3-5,14H,2,6-7H2,1H3,(H,15,16). The minimum absolute atomic E-state index is 0.0602. The Bertz CT molecular complexity index is 371. The Labute approximate surface area is 103 Å². The number of hydrogen-bond donors (Lipinski definition) is 2. The fourth-order valence-corrected chi connectivity index (χ4v) is 1.66. The summed E-state index contributed by atoms with van der Waals surface area (Å²) in [7, 11) is 0. The smallest absolute Gasteiger partial charge is 0.233 e. The van der Waals surface area contributed by atoms with Gasteiger partial charge in [-0.25, -0.2) is 4.39 Å². The van der Waals surface area contributed by atoms with Gasteiger partial charge in [0.25, 0.3) is 0 Å². The number of nitrogens with one attached hydrogen (secondary N) is 2. The number of halogens is 2. The Morgan fingerprint density at radius 1 is 1.50 bits per heavy atom. The third kappa shape index (κ3) is 3.90. The van der Waals surface area contributed by atoms with E-state index < -0.39 is 0 Å². The van der Waals surface area contributed by atoms with Gasteiger partial charge in [-0.2, -0.15) is 0 Å². The lowest BCUT2D eigenvalue weighted by atomic mass is 10.2. The summed E-state index contributed by atoms with van der Waals surface area (Å²) in [6, 6.07) is 4.83. The lowest BCUT2D eigenvalue weighted by Gasteiger charge is -2.07. The molecule has 0 aliphatic heterocycles. The average molecular weight is 289 g/mol. The molecular formula is C11H14BrFN2O. The van der Waals surface area contributed by atoms with Gasteiger partial charge in [-0.1, -0.05) is 12.1 Å². The average Bonchev–Trinajstić information content (AvgIpc) is 2.25. The van der Waals surface area contributed by atoms with E-state index in [1.807, 2.05) is 6.92 Å².